The van der Waals surface area contributed by atoms with E-state index in [4.69, 9.17) is 0 Å². The summed E-state index contributed by atoms with van der Waals surface area (Å²) >= 11 is 3.50. The fourth-order valence-electron chi connectivity index (χ4n) is 3.73. The Balaban J connectivity index is 1.85. The molecular formula is C26H23BrN2O2. The topological polar surface area (TPSA) is 53.2 Å². The molecule has 1 N–H and O–H groups in total. The van der Waals surface area contributed by atoms with Crippen LogP contribution in [0.3, 0.4) is 0 Å². The van der Waals surface area contributed by atoms with E-state index in [1.165, 1.54) is 0 Å². The van der Waals surface area contributed by atoms with Crippen LogP contribution in [0.15, 0.2) is 76.0 Å². The summed E-state index contributed by atoms with van der Waals surface area (Å²) in [6, 6.07) is 21.0. The van der Waals surface area contributed by atoms with E-state index in [1.807, 2.05) is 81.4 Å². The number of nitrogens with zero attached hydrogens (tertiary/aromatic N) is 1. The van der Waals surface area contributed by atoms with Crippen molar-refractivity contribution < 1.29 is 4.79 Å². The van der Waals surface area contributed by atoms with Crippen molar-refractivity contribution in [3.63, 3.8) is 0 Å². The molecule has 1 heterocycles. The summed E-state index contributed by atoms with van der Waals surface area (Å²) in [5.74, 6) is -0.162. The number of hydrogen-bond acceptors (Lipinski definition) is 2. The molecule has 1 aromatic heterocycles. The van der Waals surface area contributed by atoms with Gasteiger partial charge in [-0.1, -0.05) is 35.9 Å². The highest BCUT2D eigenvalue weighted by Gasteiger charge is 2.23. The van der Waals surface area contributed by atoms with Crippen LogP contribution in [-0.4, -0.2) is 10.9 Å². The molecule has 0 unspecified atom stereocenters. The molecular weight excluding hydrogens is 452 g/mol. The van der Waals surface area contributed by atoms with Crippen molar-refractivity contribution in [2.24, 2.45) is 0 Å². The summed E-state index contributed by atoms with van der Waals surface area (Å²) in [5.41, 5.74) is 5.70. The fraction of sp³-hybridized carbons (Fsp3) is 0.154. The summed E-state index contributed by atoms with van der Waals surface area (Å²) in [5, 5.41) is 0.948. The Morgan fingerprint density at radius 3 is 2.52 bits per heavy atom. The Bertz CT molecular complexity index is 1360. The molecule has 0 fully saturated rings. The molecule has 0 aliphatic carbocycles. The third kappa shape index (κ3) is 4.19. The van der Waals surface area contributed by atoms with Gasteiger partial charge >= 0.3 is 0 Å². The highest BCUT2D eigenvalue weighted by molar-refractivity contribution is 9.10. The number of aryl methyl sites for hydroxylation is 2. The van der Waals surface area contributed by atoms with E-state index >= 15 is 0 Å². The molecule has 0 aliphatic rings. The third-order valence-electron chi connectivity index (χ3n) is 5.62. The SMILES string of the molecule is Cc1ccc2[nH]c(=O)c(CN(C(=O)c3ccccc3Br)c3cccc(C)c3C)cc2c1. The van der Waals surface area contributed by atoms with Crippen molar-refractivity contribution in [2.75, 3.05) is 4.90 Å². The Morgan fingerprint density at radius 2 is 1.74 bits per heavy atom. The van der Waals surface area contributed by atoms with Gasteiger partial charge in [-0.25, -0.2) is 0 Å². The fourth-order valence-corrected chi connectivity index (χ4v) is 4.19. The number of nitrogens with one attached hydrogen (secondary N) is 1. The minimum atomic E-state index is -0.188. The number of carbonyl (C=O) groups is 1. The molecule has 0 saturated carbocycles. The number of aromatic nitrogens is 1. The number of hydrogen-bond donors (Lipinski definition) is 1. The smallest absolute Gasteiger partial charge is 0.259 e. The van der Waals surface area contributed by atoms with Crippen molar-refractivity contribution in [3.8, 4) is 0 Å². The molecule has 5 heteroatoms. The number of aromatic amines is 1. The molecule has 0 atom stereocenters. The first-order valence-electron chi connectivity index (χ1n) is 10.1. The van der Waals surface area contributed by atoms with Gasteiger partial charge in [-0.2, -0.15) is 0 Å². The third-order valence-corrected chi connectivity index (χ3v) is 6.31. The van der Waals surface area contributed by atoms with Crippen molar-refractivity contribution >= 4 is 38.4 Å². The number of pyridine rings is 1. The zero-order valence-electron chi connectivity index (χ0n) is 17.7. The van der Waals surface area contributed by atoms with E-state index in [-0.39, 0.29) is 18.0 Å². The lowest BCUT2D eigenvalue weighted by Crippen LogP contribution is -2.33. The number of halogens is 1. The maximum atomic E-state index is 13.6. The minimum Gasteiger partial charge on any atom is -0.322 e. The monoisotopic (exact) mass is 474 g/mol. The zero-order chi connectivity index (χ0) is 22.1. The predicted octanol–water partition coefficient (Wildman–Crippen LogP) is 6.06. The second-order valence-electron chi connectivity index (χ2n) is 7.80. The maximum absolute atomic E-state index is 13.6. The van der Waals surface area contributed by atoms with Gasteiger partial charge in [-0.05, 0) is 89.6 Å². The summed E-state index contributed by atoms with van der Waals surface area (Å²) in [4.78, 5) is 31.2. The zero-order valence-corrected chi connectivity index (χ0v) is 19.3. The summed E-state index contributed by atoms with van der Waals surface area (Å²) in [7, 11) is 0. The molecule has 0 aliphatic heterocycles. The Kier molecular flexibility index (Phi) is 5.79. The number of anilines is 1. The van der Waals surface area contributed by atoms with E-state index in [0.717, 1.165) is 37.8 Å². The number of amides is 1. The molecule has 4 rings (SSSR count). The van der Waals surface area contributed by atoms with E-state index in [0.29, 0.717) is 11.1 Å². The van der Waals surface area contributed by atoms with Gasteiger partial charge < -0.3 is 9.88 Å². The summed E-state index contributed by atoms with van der Waals surface area (Å²) in [6.45, 7) is 6.21. The van der Waals surface area contributed by atoms with Crippen LogP contribution in [0.2, 0.25) is 0 Å². The van der Waals surface area contributed by atoms with Gasteiger partial charge in [0.1, 0.15) is 0 Å². The number of carbonyl (C=O) groups excluding carboxylic acids is 1. The van der Waals surface area contributed by atoms with Crippen LogP contribution in [0, 0.1) is 20.8 Å². The normalized spacial score (nSPS) is 11.0. The predicted molar refractivity (Wildman–Crippen MR) is 130 cm³/mol. The van der Waals surface area contributed by atoms with Gasteiger partial charge in [-0.3, -0.25) is 9.59 Å². The number of benzene rings is 3. The molecule has 4 nitrogen and oxygen atoms in total. The lowest BCUT2D eigenvalue weighted by molar-refractivity contribution is 0.0984. The second-order valence-corrected chi connectivity index (χ2v) is 8.66. The number of H-pyrrole nitrogens is 1. The molecule has 3 aromatic carbocycles. The molecule has 0 saturated heterocycles. The van der Waals surface area contributed by atoms with Crippen molar-refractivity contribution in [1.82, 2.24) is 4.98 Å². The van der Waals surface area contributed by atoms with Crippen molar-refractivity contribution in [1.29, 1.82) is 0 Å². The molecule has 1 amide bonds. The number of rotatable bonds is 4. The standard InChI is InChI=1S/C26H23BrN2O2/c1-16-11-12-23-19(13-16)14-20(25(30)28-23)15-29(24-10-6-7-17(2)18(24)3)26(31)21-8-4-5-9-22(21)27/h4-14H,15H2,1-3H3,(H,28,30). The van der Waals surface area contributed by atoms with Gasteiger partial charge in [0.25, 0.3) is 11.5 Å². The van der Waals surface area contributed by atoms with Crippen molar-refractivity contribution in [2.45, 2.75) is 27.3 Å². The largest absolute Gasteiger partial charge is 0.322 e. The lowest BCUT2D eigenvalue weighted by atomic mass is 10.0. The van der Waals surface area contributed by atoms with Gasteiger partial charge in [0.15, 0.2) is 0 Å². The first-order chi connectivity index (χ1) is 14.8. The van der Waals surface area contributed by atoms with E-state index in [1.54, 1.807) is 11.0 Å². The quantitative estimate of drug-likeness (QED) is 0.390. The minimum absolute atomic E-state index is 0.162. The highest BCUT2D eigenvalue weighted by Crippen LogP contribution is 2.28. The van der Waals surface area contributed by atoms with E-state index in [2.05, 4.69) is 20.9 Å². The van der Waals surface area contributed by atoms with Gasteiger partial charge in [-0.15, -0.1) is 0 Å². The first-order valence-corrected chi connectivity index (χ1v) is 10.9. The molecule has 0 bridgehead atoms. The van der Waals surface area contributed by atoms with Crippen LogP contribution in [0.25, 0.3) is 10.9 Å². The first kappa shape index (κ1) is 21.1. The van der Waals surface area contributed by atoms with Crippen molar-refractivity contribution in [3.05, 3.63) is 109 Å². The molecule has 156 valence electrons. The second kappa shape index (κ2) is 8.52. The van der Waals surface area contributed by atoms with Gasteiger partial charge in [0.2, 0.25) is 0 Å². The van der Waals surface area contributed by atoms with Crippen LogP contribution in [0.1, 0.15) is 32.6 Å². The van der Waals surface area contributed by atoms with Crippen LogP contribution in [0.4, 0.5) is 5.69 Å². The average molecular weight is 475 g/mol. The van der Waals surface area contributed by atoms with Crippen LogP contribution in [0.5, 0.6) is 0 Å². The van der Waals surface area contributed by atoms with E-state index in [9.17, 15) is 9.59 Å². The molecule has 4 aromatic rings. The van der Waals surface area contributed by atoms with Crippen LogP contribution < -0.4 is 10.5 Å². The maximum Gasteiger partial charge on any atom is 0.259 e. The highest BCUT2D eigenvalue weighted by atomic mass is 79.9. The number of fused-ring (bicyclic) bond motifs is 1. The van der Waals surface area contributed by atoms with Crippen LogP contribution >= 0.6 is 15.9 Å². The Labute approximate surface area is 189 Å². The Hall–Kier alpha value is -3.18. The Morgan fingerprint density at radius 1 is 0.968 bits per heavy atom. The van der Waals surface area contributed by atoms with E-state index < -0.39 is 0 Å². The summed E-state index contributed by atoms with van der Waals surface area (Å²) < 4.78 is 0.721. The molecule has 31 heavy (non-hydrogen) atoms. The lowest BCUT2D eigenvalue weighted by Gasteiger charge is -2.26. The van der Waals surface area contributed by atoms with Crippen LogP contribution in [-0.2, 0) is 6.54 Å². The van der Waals surface area contributed by atoms with Gasteiger partial charge in [0, 0.05) is 21.2 Å². The average Bonchev–Trinajstić information content (AvgIpc) is 2.74. The molecule has 0 spiro atoms. The molecule has 0 radical (unpaired) electrons. The van der Waals surface area contributed by atoms with Gasteiger partial charge in [0.05, 0.1) is 12.1 Å². The summed E-state index contributed by atoms with van der Waals surface area (Å²) in [6.07, 6.45) is 0.